The maximum absolute atomic E-state index is 3.65. The zero-order valence-corrected chi connectivity index (χ0v) is 11.5. The maximum Gasteiger partial charge on any atom is 0.0153 e. The molecule has 1 N–H and O–H groups in total. The summed E-state index contributed by atoms with van der Waals surface area (Å²) < 4.78 is 0. The first-order chi connectivity index (χ1) is 7.77. The van der Waals surface area contributed by atoms with Crippen LogP contribution in [0, 0.1) is 0 Å². The van der Waals surface area contributed by atoms with E-state index in [2.05, 4.69) is 19.2 Å². The minimum absolute atomic E-state index is 0.488. The fourth-order valence-corrected chi connectivity index (χ4v) is 2.82. The maximum atomic E-state index is 3.65. The number of unbranched alkanes of at least 4 members (excludes halogenated alkanes) is 7. The van der Waals surface area contributed by atoms with E-state index in [0.717, 1.165) is 0 Å². The van der Waals surface area contributed by atoms with E-state index in [1.54, 1.807) is 0 Å². The van der Waals surface area contributed by atoms with E-state index in [1.165, 1.54) is 77.2 Å². The van der Waals surface area contributed by atoms with Crippen LogP contribution in [0.4, 0.5) is 0 Å². The van der Waals surface area contributed by atoms with Crippen molar-refractivity contribution in [3.63, 3.8) is 0 Å². The summed E-state index contributed by atoms with van der Waals surface area (Å²) in [6.45, 7) is 5.93. The number of rotatable bonds is 9. The zero-order valence-electron chi connectivity index (χ0n) is 11.5. The third-order valence-electron chi connectivity index (χ3n) is 4.04. The highest BCUT2D eigenvalue weighted by Gasteiger charge is 2.26. The van der Waals surface area contributed by atoms with Crippen molar-refractivity contribution in [3.05, 3.63) is 0 Å². The highest BCUT2D eigenvalue weighted by Crippen LogP contribution is 2.25. The van der Waals surface area contributed by atoms with Gasteiger partial charge in [0.2, 0.25) is 0 Å². The van der Waals surface area contributed by atoms with E-state index < -0.39 is 0 Å². The third kappa shape index (κ3) is 5.89. The Morgan fingerprint density at radius 3 is 2.12 bits per heavy atom. The van der Waals surface area contributed by atoms with Gasteiger partial charge in [-0.25, -0.2) is 0 Å². The van der Waals surface area contributed by atoms with Crippen LogP contribution in [0.3, 0.4) is 0 Å². The van der Waals surface area contributed by atoms with Crippen LogP contribution in [0.2, 0.25) is 0 Å². The number of nitrogens with one attached hydrogen (secondary N) is 1. The smallest absolute Gasteiger partial charge is 0.0153 e. The first-order valence-corrected chi connectivity index (χ1v) is 7.52. The lowest BCUT2D eigenvalue weighted by Gasteiger charge is -2.24. The fraction of sp³-hybridized carbons (Fsp3) is 1.00. The molecule has 0 saturated carbocycles. The van der Waals surface area contributed by atoms with Gasteiger partial charge in [0, 0.05) is 5.54 Å². The Morgan fingerprint density at radius 1 is 0.938 bits per heavy atom. The summed E-state index contributed by atoms with van der Waals surface area (Å²) in [4.78, 5) is 0. The Balaban J connectivity index is 1.84. The van der Waals surface area contributed by atoms with Gasteiger partial charge in [0.1, 0.15) is 0 Å². The lowest BCUT2D eigenvalue weighted by atomic mass is 9.92. The van der Waals surface area contributed by atoms with Gasteiger partial charge in [-0.15, -0.1) is 0 Å². The Bertz CT molecular complexity index is 159. The van der Waals surface area contributed by atoms with Crippen molar-refractivity contribution >= 4 is 0 Å². The predicted molar refractivity (Wildman–Crippen MR) is 72.9 cm³/mol. The Hall–Kier alpha value is -0.0400. The molecule has 1 rings (SSSR count). The van der Waals surface area contributed by atoms with Crippen molar-refractivity contribution in [2.24, 2.45) is 0 Å². The van der Waals surface area contributed by atoms with Gasteiger partial charge in [0.25, 0.3) is 0 Å². The van der Waals surface area contributed by atoms with Gasteiger partial charge < -0.3 is 5.32 Å². The molecule has 1 saturated heterocycles. The fourth-order valence-electron chi connectivity index (χ4n) is 2.82. The van der Waals surface area contributed by atoms with E-state index in [1.807, 2.05) is 0 Å². The van der Waals surface area contributed by atoms with Crippen molar-refractivity contribution < 1.29 is 0 Å². The second-order valence-corrected chi connectivity index (χ2v) is 5.82. The lowest BCUT2D eigenvalue weighted by Crippen LogP contribution is -2.35. The molecule has 16 heavy (non-hydrogen) atoms. The molecule has 0 spiro atoms. The van der Waals surface area contributed by atoms with E-state index in [4.69, 9.17) is 0 Å². The van der Waals surface area contributed by atoms with Gasteiger partial charge in [-0.2, -0.15) is 0 Å². The van der Waals surface area contributed by atoms with Crippen LogP contribution < -0.4 is 5.32 Å². The highest BCUT2D eigenvalue weighted by molar-refractivity contribution is 4.87. The van der Waals surface area contributed by atoms with Crippen LogP contribution in [0.5, 0.6) is 0 Å². The van der Waals surface area contributed by atoms with Crippen LogP contribution >= 0.6 is 0 Å². The summed E-state index contributed by atoms with van der Waals surface area (Å²) in [7, 11) is 0. The summed E-state index contributed by atoms with van der Waals surface area (Å²) >= 11 is 0. The number of hydrogen-bond acceptors (Lipinski definition) is 1. The normalized spacial score (nSPS) is 25.1. The first-order valence-electron chi connectivity index (χ1n) is 7.52. The van der Waals surface area contributed by atoms with E-state index in [0.29, 0.717) is 5.54 Å². The minimum atomic E-state index is 0.488. The second-order valence-electron chi connectivity index (χ2n) is 5.82. The molecule has 0 bridgehead atoms. The van der Waals surface area contributed by atoms with Gasteiger partial charge in [-0.05, 0) is 32.7 Å². The highest BCUT2D eigenvalue weighted by atomic mass is 15.0. The van der Waals surface area contributed by atoms with Gasteiger partial charge in [-0.1, -0.05) is 58.3 Å². The molecule has 1 unspecified atom stereocenters. The summed E-state index contributed by atoms with van der Waals surface area (Å²) in [6.07, 6.45) is 15.7. The standard InChI is InChI=1S/C15H31N/c1-3-4-5-6-7-8-9-10-12-15(2)13-11-14-16-15/h16H,3-14H2,1-2H3. The van der Waals surface area contributed by atoms with Crippen LogP contribution in [-0.4, -0.2) is 12.1 Å². The quantitative estimate of drug-likeness (QED) is 0.563. The largest absolute Gasteiger partial charge is 0.312 e. The van der Waals surface area contributed by atoms with Crippen LogP contribution in [-0.2, 0) is 0 Å². The molecule has 1 fully saturated rings. The van der Waals surface area contributed by atoms with E-state index in [9.17, 15) is 0 Å². The summed E-state index contributed by atoms with van der Waals surface area (Å²) in [5.41, 5.74) is 0.488. The summed E-state index contributed by atoms with van der Waals surface area (Å²) in [5, 5.41) is 3.65. The molecule has 0 aromatic carbocycles. The molecule has 0 amide bonds. The van der Waals surface area contributed by atoms with Gasteiger partial charge in [0.05, 0.1) is 0 Å². The molecular weight excluding hydrogens is 194 g/mol. The van der Waals surface area contributed by atoms with Crippen molar-refractivity contribution in [3.8, 4) is 0 Å². The molecule has 0 aromatic rings. The third-order valence-corrected chi connectivity index (χ3v) is 4.04. The molecule has 1 aliphatic heterocycles. The first kappa shape index (κ1) is 14.0. The molecule has 1 atom stereocenters. The zero-order chi connectivity index (χ0) is 11.7. The van der Waals surface area contributed by atoms with Crippen molar-refractivity contribution in [1.82, 2.24) is 5.32 Å². The van der Waals surface area contributed by atoms with Crippen molar-refractivity contribution in [1.29, 1.82) is 0 Å². The molecule has 96 valence electrons. The molecule has 1 aliphatic rings. The van der Waals surface area contributed by atoms with Crippen LogP contribution in [0.25, 0.3) is 0 Å². The van der Waals surface area contributed by atoms with Crippen LogP contribution in [0.15, 0.2) is 0 Å². The Labute approximate surface area is 102 Å². The van der Waals surface area contributed by atoms with Gasteiger partial charge >= 0.3 is 0 Å². The van der Waals surface area contributed by atoms with Crippen LogP contribution in [0.1, 0.15) is 84.5 Å². The summed E-state index contributed by atoms with van der Waals surface area (Å²) in [5.74, 6) is 0. The molecule has 1 heteroatoms. The molecule has 1 heterocycles. The molecule has 1 nitrogen and oxygen atoms in total. The lowest BCUT2D eigenvalue weighted by molar-refractivity contribution is 0.365. The van der Waals surface area contributed by atoms with Gasteiger partial charge in [0.15, 0.2) is 0 Å². The average Bonchev–Trinajstić information content (AvgIpc) is 2.70. The second kappa shape index (κ2) is 8.11. The predicted octanol–water partition coefficient (Wildman–Crippen LogP) is 4.66. The van der Waals surface area contributed by atoms with Crippen molar-refractivity contribution in [2.45, 2.75) is 90.0 Å². The van der Waals surface area contributed by atoms with E-state index in [-0.39, 0.29) is 0 Å². The molecule has 0 aliphatic carbocycles. The molecule has 0 aromatic heterocycles. The van der Waals surface area contributed by atoms with Gasteiger partial charge in [-0.3, -0.25) is 0 Å². The SMILES string of the molecule is CCCCCCCCCCC1(C)CCCN1. The monoisotopic (exact) mass is 225 g/mol. The molecular formula is C15H31N. The van der Waals surface area contributed by atoms with E-state index >= 15 is 0 Å². The minimum Gasteiger partial charge on any atom is -0.312 e. The molecule has 0 radical (unpaired) electrons. The summed E-state index contributed by atoms with van der Waals surface area (Å²) in [6, 6.07) is 0. The number of hydrogen-bond donors (Lipinski definition) is 1. The Kier molecular flexibility index (Phi) is 7.11. The average molecular weight is 225 g/mol. The topological polar surface area (TPSA) is 12.0 Å². The van der Waals surface area contributed by atoms with Crippen molar-refractivity contribution in [2.75, 3.05) is 6.54 Å². The Morgan fingerprint density at radius 2 is 1.56 bits per heavy atom.